The van der Waals surface area contributed by atoms with Crippen LogP contribution in [0.3, 0.4) is 0 Å². The van der Waals surface area contributed by atoms with Crippen LogP contribution in [-0.4, -0.2) is 22.5 Å². The van der Waals surface area contributed by atoms with Crippen molar-refractivity contribution >= 4 is 17.3 Å². The molecule has 0 aliphatic rings. The number of anilines is 1. The fourth-order valence-corrected chi connectivity index (χ4v) is 1.49. The minimum Gasteiger partial charge on any atom is -0.478 e. The topological polar surface area (TPSA) is 92.5 Å². The smallest absolute Gasteiger partial charge is 0.335 e. The Morgan fingerprint density at radius 3 is 2.50 bits per heavy atom. The molecular weight excluding hydrogens is 260 g/mol. The van der Waals surface area contributed by atoms with Crippen molar-refractivity contribution in [2.45, 2.75) is 27.7 Å². The summed E-state index contributed by atoms with van der Waals surface area (Å²) in [6.07, 6.45) is 0. The lowest BCUT2D eigenvalue weighted by atomic mass is 9.81. The molecule has 0 fully saturated rings. The Morgan fingerprint density at radius 1 is 1.45 bits per heavy atom. The third-order valence-electron chi connectivity index (χ3n) is 3.74. The zero-order valence-electron chi connectivity index (χ0n) is 12.1. The second-order valence-corrected chi connectivity index (χ2v) is 5.79. The van der Waals surface area contributed by atoms with Crippen LogP contribution >= 0.6 is 0 Å². The number of hydrogen-bond donors (Lipinski definition) is 2. The molecule has 0 unspecified atom stereocenters. The summed E-state index contributed by atoms with van der Waals surface area (Å²) in [5.41, 5.74) is 0.00263. The van der Waals surface area contributed by atoms with Crippen molar-refractivity contribution in [3.05, 3.63) is 33.9 Å². The Bertz CT molecular complexity index is 524. The fraction of sp³-hybridized carbons (Fsp3) is 0.500. The number of carbonyl (C=O) groups is 1. The van der Waals surface area contributed by atoms with Crippen LogP contribution in [-0.2, 0) is 0 Å². The van der Waals surface area contributed by atoms with Crippen molar-refractivity contribution in [3.63, 3.8) is 0 Å². The van der Waals surface area contributed by atoms with Gasteiger partial charge in [-0.1, -0.05) is 27.7 Å². The van der Waals surface area contributed by atoms with E-state index in [0.717, 1.165) is 6.07 Å². The van der Waals surface area contributed by atoms with Gasteiger partial charge in [-0.15, -0.1) is 0 Å². The highest BCUT2D eigenvalue weighted by molar-refractivity contribution is 5.89. The van der Waals surface area contributed by atoms with Crippen molar-refractivity contribution in [2.75, 3.05) is 11.9 Å². The third kappa shape index (κ3) is 3.69. The number of benzene rings is 1. The molecule has 20 heavy (non-hydrogen) atoms. The lowest BCUT2D eigenvalue weighted by molar-refractivity contribution is -0.384. The first kappa shape index (κ1) is 15.9. The van der Waals surface area contributed by atoms with Crippen LogP contribution in [0.15, 0.2) is 18.2 Å². The summed E-state index contributed by atoms with van der Waals surface area (Å²) in [5.74, 6) is -0.769. The number of carboxylic acids is 1. The van der Waals surface area contributed by atoms with Crippen LogP contribution in [0, 0.1) is 21.4 Å². The minimum atomic E-state index is -1.18. The summed E-state index contributed by atoms with van der Waals surface area (Å²) >= 11 is 0. The zero-order valence-corrected chi connectivity index (χ0v) is 12.1. The highest BCUT2D eigenvalue weighted by atomic mass is 16.6. The molecule has 0 aromatic heterocycles. The van der Waals surface area contributed by atoms with E-state index in [4.69, 9.17) is 5.11 Å². The Hall–Kier alpha value is -2.11. The predicted molar refractivity (Wildman–Crippen MR) is 77.2 cm³/mol. The number of nitro groups is 1. The van der Waals surface area contributed by atoms with Crippen LogP contribution in [0.4, 0.5) is 11.4 Å². The van der Waals surface area contributed by atoms with Crippen molar-refractivity contribution in [2.24, 2.45) is 11.3 Å². The Balaban J connectivity index is 3.01. The van der Waals surface area contributed by atoms with E-state index in [1.165, 1.54) is 12.1 Å². The quantitative estimate of drug-likeness (QED) is 0.615. The Kier molecular flexibility index (Phi) is 4.70. The molecule has 0 heterocycles. The molecule has 2 N–H and O–H groups in total. The number of rotatable bonds is 6. The number of hydrogen-bond acceptors (Lipinski definition) is 4. The van der Waals surface area contributed by atoms with Gasteiger partial charge in [-0.3, -0.25) is 10.1 Å². The van der Waals surface area contributed by atoms with Crippen LogP contribution < -0.4 is 5.32 Å². The fourth-order valence-electron chi connectivity index (χ4n) is 1.49. The van der Waals surface area contributed by atoms with Crippen molar-refractivity contribution in [1.29, 1.82) is 0 Å². The van der Waals surface area contributed by atoms with Crippen LogP contribution in [0.25, 0.3) is 0 Å². The number of carboxylic acid groups (broad SMARTS) is 1. The number of aromatic carboxylic acids is 1. The van der Waals surface area contributed by atoms with Crippen molar-refractivity contribution < 1.29 is 14.8 Å². The van der Waals surface area contributed by atoms with Gasteiger partial charge in [-0.05, 0) is 23.5 Å². The maximum Gasteiger partial charge on any atom is 0.335 e. The largest absolute Gasteiger partial charge is 0.478 e. The van der Waals surface area contributed by atoms with E-state index in [2.05, 4.69) is 33.0 Å². The van der Waals surface area contributed by atoms with Crippen LogP contribution in [0.5, 0.6) is 0 Å². The average molecular weight is 280 g/mol. The molecule has 0 aliphatic heterocycles. The molecule has 0 saturated carbocycles. The van der Waals surface area contributed by atoms with Gasteiger partial charge in [0.25, 0.3) is 5.69 Å². The molecule has 1 aromatic rings. The van der Waals surface area contributed by atoms with Crippen molar-refractivity contribution in [3.8, 4) is 0 Å². The van der Waals surface area contributed by atoms with Gasteiger partial charge in [0, 0.05) is 12.6 Å². The average Bonchev–Trinajstić information content (AvgIpc) is 2.35. The Morgan fingerprint density at radius 2 is 2.05 bits per heavy atom. The summed E-state index contributed by atoms with van der Waals surface area (Å²) in [6, 6.07) is 3.88. The second-order valence-electron chi connectivity index (χ2n) is 5.79. The van der Waals surface area contributed by atoms with Crippen LogP contribution in [0.1, 0.15) is 38.1 Å². The number of nitrogens with one attached hydrogen (secondary N) is 1. The molecule has 0 aliphatic carbocycles. The summed E-state index contributed by atoms with van der Waals surface area (Å²) in [6.45, 7) is 8.88. The maximum atomic E-state index is 11.0. The molecule has 0 saturated heterocycles. The summed E-state index contributed by atoms with van der Waals surface area (Å²) in [5, 5.41) is 22.9. The van der Waals surface area contributed by atoms with Gasteiger partial charge in [-0.25, -0.2) is 4.79 Å². The van der Waals surface area contributed by atoms with Gasteiger partial charge < -0.3 is 10.4 Å². The lowest BCUT2D eigenvalue weighted by Crippen LogP contribution is -2.28. The number of nitrogens with zero attached hydrogens (tertiary/aromatic N) is 1. The monoisotopic (exact) mass is 280 g/mol. The molecule has 0 spiro atoms. The first-order valence-corrected chi connectivity index (χ1v) is 6.41. The zero-order chi connectivity index (χ0) is 15.5. The third-order valence-corrected chi connectivity index (χ3v) is 3.74. The predicted octanol–water partition coefficient (Wildman–Crippen LogP) is 3.39. The van der Waals surface area contributed by atoms with E-state index < -0.39 is 10.9 Å². The highest BCUT2D eigenvalue weighted by Gasteiger charge is 2.24. The molecule has 110 valence electrons. The molecule has 1 rings (SSSR count). The molecular formula is C14H20N2O4. The molecule has 1 aromatic carbocycles. The van der Waals surface area contributed by atoms with E-state index in [1.807, 2.05) is 0 Å². The van der Waals surface area contributed by atoms with E-state index in [1.54, 1.807) is 0 Å². The molecule has 6 heteroatoms. The van der Waals surface area contributed by atoms with Gasteiger partial charge in [-0.2, -0.15) is 0 Å². The Labute approximate surface area is 118 Å². The van der Waals surface area contributed by atoms with E-state index in [0.29, 0.717) is 18.2 Å². The summed E-state index contributed by atoms with van der Waals surface area (Å²) in [4.78, 5) is 21.3. The lowest BCUT2D eigenvalue weighted by Gasteiger charge is -2.29. The SMILES string of the molecule is CC(C)C(C)(C)CNc1ccc(C(=O)O)cc1[N+](=O)[O-]. The van der Waals surface area contributed by atoms with Gasteiger partial charge in [0.05, 0.1) is 10.5 Å². The summed E-state index contributed by atoms with van der Waals surface area (Å²) < 4.78 is 0. The molecule has 0 radical (unpaired) electrons. The highest BCUT2D eigenvalue weighted by Crippen LogP contribution is 2.30. The maximum absolute atomic E-state index is 11.0. The normalized spacial score (nSPS) is 11.4. The first-order valence-electron chi connectivity index (χ1n) is 6.41. The molecule has 0 amide bonds. The molecule has 0 bridgehead atoms. The summed E-state index contributed by atoms with van der Waals surface area (Å²) in [7, 11) is 0. The van der Waals surface area contributed by atoms with E-state index in [-0.39, 0.29) is 16.7 Å². The van der Waals surface area contributed by atoms with Gasteiger partial charge in [0.2, 0.25) is 0 Å². The van der Waals surface area contributed by atoms with Crippen LogP contribution in [0.2, 0.25) is 0 Å². The first-order chi connectivity index (χ1) is 9.15. The van der Waals surface area contributed by atoms with Gasteiger partial charge >= 0.3 is 5.97 Å². The standard InChI is InChI=1S/C14H20N2O4/c1-9(2)14(3,4)8-15-11-6-5-10(13(17)18)7-12(11)16(19)20/h5-7,9,15H,8H2,1-4H3,(H,17,18). The van der Waals surface area contributed by atoms with Gasteiger partial charge in [0.1, 0.15) is 5.69 Å². The molecule has 0 atom stereocenters. The van der Waals surface area contributed by atoms with Crippen molar-refractivity contribution in [1.82, 2.24) is 0 Å². The number of nitro benzene ring substituents is 1. The second kappa shape index (κ2) is 5.90. The molecule has 6 nitrogen and oxygen atoms in total. The van der Waals surface area contributed by atoms with E-state index >= 15 is 0 Å². The van der Waals surface area contributed by atoms with E-state index in [9.17, 15) is 14.9 Å². The minimum absolute atomic E-state index is 0.0284. The van der Waals surface area contributed by atoms with Gasteiger partial charge in [0.15, 0.2) is 0 Å².